The maximum Gasteiger partial charge on any atom is 0.433 e. The number of anilines is 1. The third-order valence-corrected chi connectivity index (χ3v) is 6.04. The Morgan fingerprint density at radius 1 is 1.12 bits per heavy atom. The fourth-order valence-corrected chi connectivity index (χ4v) is 4.11. The Hall–Kier alpha value is -3.77. The molecule has 172 valence electrons. The van der Waals surface area contributed by atoms with Gasteiger partial charge in [0, 0.05) is 11.1 Å². The van der Waals surface area contributed by atoms with Gasteiger partial charge in [0.2, 0.25) is 5.95 Å². The minimum Gasteiger partial charge on any atom is -0.288 e. The molecule has 0 atom stereocenters. The number of hydrogen-bond donors (Lipinski definition) is 1. The summed E-state index contributed by atoms with van der Waals surface area (Å²) in [6, 6.07) is 12.7. The molecule has 5 aromatic rings. The van der Waals surface area contributed by atoms with Crippen molar-refractivity contribution in [3.05, 3.63) is 82.2 Å². The highest BCUT2D eigenvalue weighted by molar-refractivity contribution is 7.13. The lowest BCUT2D eigenvalue weighted by molar-refractivity contribution is -0.142. The molecule has 0 aliphatic rings. The van der Waals surface area contributed by atoms with E-state index in [2.05, 4.69) is 25.5 Å². The van der Waals surface area contributed by atoms with Crippen LogP contribution >= 0.6 is 22.9 Å². The molecule has 0 fully saturated rings. The number of amides is 1. The van der Waals surface area contributed by atoms with Crippen LogP contribution in [0.3, 0.4) is 0 Å². The number of thiophene rings is 1. The molecule has 0 bridgehead atoms. The molecule has 0 radical (unpaired) electrons. The largest absolute Gasteiger partial charge is 0.433 e. The minimum atomic E-state index is -4.70. The summed E-state index contributed by atoms with van der Waals surface area (Å²) in [5.41, 5.74) is -0.465. The molecule has 1 amide bonds. The lowest BCUT2D eigenvalue weighted by Gasteiger charge is -2.10. The smallest absolute Gasteiger partial charge is 0.288 e. The lowest BCUT2D eigenvalue weighted by Crippen LogP contribution is -2.16. The van der Waals surface area contributed by atoms with Crippen molar-refractivity contribution in [2.24, 2.45) is 0 Å². The first kappa shape index (κ1) is 22.0. The summed E-state index contributed by atoms with van der Waals surface area (Å²) in [7, 11) is 0. The number of aromatic nitrogens is 6. The van der Waals surface area contributed by atoms with Gasteiger partial charge in [-0.15, -0.1) is 16.4 Å². The Morgan fingerprint density at radius 2 is 1.94 bits per heavy atom. The van der Waals surface area contributed by atoms with E-state index >= 15 is 0 Å². The predicted octanol–water partition coefficient (Wildman–Crippen LogP) is 5.02. The molecule has 13 heteroatoms. The monoisotopic (exact) mass is 503 g/mol. The molecule has 0 spiro atoms. The van der Waals surface area contributed by atoms with Crippen LogP contribution in [0.5, 0.6) is 0 Å². The van der Waals surface area contributed by atoms with Crippen molar-refractivity contribution in [3.8, 4) is 10.6 Å². The Bertz CT molecular complexity index is 1490. The van der Waals surface area contributed by atoms with Crippen LogP contribution in [0.15, 0.2) is 60.2 Å². The number of nitrogens with one attached hydrogen (secondary N) is 1. The highest BCUT2D eigenvalue weighted by Gasteiger charge is 2.35. The van der Waals surface area contributed by atoms with Crippen LogP contribution in [0.4, 0.5) is 19.1 Å². The van der Waals surface area contributed by atoms with E-state index in [0.29, 0.717) is 21.0 Å². The van der Waals surface area contributed by atoms with Crippen LogP contribution in [0.1, 0.15) is 21.7 Å². The number of nitrogens with zero attached hydrogens (tertiary/aromatic N) is 6. The summed E-state index contributed by atoms with van der Waals surface area (Å²) >= 11 is 7.40. The number of carbonyl (C=O) groups excluding carboxylic acids is 1. The van der Waals surface area contributed by atoms with Gasteiger partial charge in [-0.2, -0.15) is 18.3 Å². The highest BCUT2D eigenvalue weighted by atomic mass is 35.5. The zero-order valence-electron chi connectivity index (χ0n) is 17.0. The van der Waals surface area contributed by atoms with Gasteiger partial charge in [0.25, 0.3) is 5.91 Å². The van der Waals surface area contributed by atoms with Crippen LogP contribution in [-0.4, -0.2) is 35.3 Å². The zero-order chi connectivity index (χ0) is 23.9. The Kier molecular flexibility index (Phi) is 5.54. The lowest BCUT2D eigenvalue weighted by atomic mass is 10.2. The normalized spacial score (nSPS) is 11.8. The molecular formula is C21H13ClF3N7OS. The van der Waals surface area contributed by atoms with Crippen molar-refractivity contribution in [1.82, 2.24) is 29.4 Å². The fourth-order valence-electron chi connectivity index (χ4n) is 3.23. The number of alkyl halides is 3. The Labute approximate surface area is 198 Å². The molecule has 34 heavy (non-hydrogen) atoms. The van der Waals surface area contributed by atoms with Crippen LogP contribution in [0, 0.1) is 0 Å². The van der Waals surface area contributed by atoms with Crippen LogP contribution < -0.4 is 5.32 Å². The molecule has 1 N–H and O–H groups in total. The van der Waals surface area contributed by atoms with Crippen molar-refractivity contribution in [2.75, 3.05) is 5.32 Å². The molecule has 0 saturated heterocycles. The second kappa shape index (κ2) is 8.54. The summed E-state index contributed by atoms with van der Waals surface area (Å²) in [5, 5.41) is 12.7. The Morgan fingerprint density at radius 3 is 2.68 bits per heavy atom. The SMILES string of the molecule is O=C(Nc1ncn(Cc2ccccc2Cl)n1)c1cc2nc(-c3cccs3)cc(C(F)(F)F)n2n1. The minimum absolute atomic E-state index is 0.0302. The third kappa shape index (κ3) is 4.37. The van der Waals surface area contributed by atoms with Gasteiger partial charge >= 0.3 is 6.18 Å². The molecule has 8 nitrogen and oxygen atoms in total. The first-order valence-electron chi connectivity index (χ1n) is 9.74. The van der Waals surface area contributed by atoms with Crippen molar-refractivity contribution in [2.45, 2.75) is 12.7 Å². The first-order valence-corrected chi connectivity index (χ1v) is 11.0. The van der Waals surface area contributed by atoms with E-state index in [1.54, 1.807) is 29.6 Å². The van der Waals surface area contributed by atoms with E-state index in [1.807, 2.05) is 12.1 Å². The maximum atomic E-state index is 13.7. The van der Waals surface area contributed by atoms with Gasteiger partial charge in [0.05, 0.1) is 17.1 Å². The summed E-state index contributed by atoms with van der Waals surface area (Å²) in [4.78, 5) is 21.5. The predicted molar refractivity (Wildman–Crippen MR) is 120 cm³/mol. The van der Waals surface area contributed by atoms with Gasteiger partial charge in [0.1, 0.15) is 6.33 Å². The number of rotatable bonds is 5. The van der Waals surface area contributed by atoms with Gasteiger partial charge < -0.3 is 0 Å². The zero-order valence-corrected chi connectivity index (χ0v) is 18.6. The van der Waals surface area contributed by atoms with Gasteiger partial charge in [-0.25, -0.2) is 19.2 Å². The average Bonchev–Trinajstić information content (AvgIpc) is 3.54. The van der Waals surface area contributed by atoms with Crippen molar-refractivity contribution in [3.63, 3.8) is 0 Å². The number of carbonyl (C=O) groups is 1. The Balaban J connectivity index is 1.42. The second-order valence-electron chi connectivity index (χ2n) is 7.11. The van der Waals surface area contributed by atoms with Gasteiger partial charge in [-0.05, 0) is 29.1 Å². The molecule has 0 aliphatic heterocycles. The number of benzene rings is 1. The van der Waals surface area contributed by atoms with E-state index in [-0.39, 0.29) is 23.0 Å². The summed E-state index contributed by atoms with van der Waals surface area (Å²) in [6.45, 7) is 0.321. The van der Waals surface area contributed by atoms with E-state index in [9.17, 15) is 18.0 Å². The topological polar surface area (TPSA) is 90.0 Å². The molecule has 1 aromatic carbocycles. The van der Waals surface area contributed by atoms with Crippen LogP contribution in [0.25, 0.3) is 16.2 Å². The van der Waals surface area contributed by atoms with E-state index in [1.165, 1.54) is 28.4 Å². The van der Waals surface area contributed by atoms with Gasteiger partial charge in [0.15, 0.2) is 17.0 Å². The molecule has 0 saturated carbocycles. The quantitative estimate of drug-likeness (QED) is 0.363. The molecule has 4 heterocycles. The highest BCUT2D eigenvalue weighted by Crippen LogP contribution is 2.33. The second-order valence-corrected chi connectivity index (χ2v) is 8.47. The maximum absolute atomic E-state index is 13.7. The van der Waals surface area contributed by atoms with E-state index in [4.69, 9.17) is 11.6 Å². The first-order chi connectivity index (χ1) is 16.3. The molecular weight excluding hydrogens is 491 g/mol. The average molecular weight is 504 g/mol. The van der Waals surface area contributed by atoms with Crippen molar-refractivity contribution >= 4 is 40.4 Å². The van der Waals surface area contributed by atoms with Crippen molar-refractivity contribution < 1.29 is 18.0 Å². The summed E-state index contributed by atoms with van der Waals surface area (Å²) in [5.74, 6) is -0.802. The van der Waals surface area contributed by atoms with Crippen LogP contribution in [0.2, 0.25) is 5.02 Å². The third-order valence-electron chi connectivity index (χ3n) is 4.78. The molecule has 4 aromatic heterocycles. The number of fused-ring (bicyclic) bond motifs is 1. The standard InChI is InChI=1S/C21H13ClF3N7OS/c22-13-5-2-1-4-12(13)10-31-11-26-20(30-31)28-19(33)15-9-18-27-14(16-6-3-7-34-16)8-17(21(23,24)25)32(18)29-15/h1-9,11H,10H2,(H,28,30,33). The fraction of sp³-hybridized carbons (Fsp3) is 0.0952. The van der Waals surface area contributed by atoms with Crippen molar-refractivity contribution in [1.29, 1.82) is 0 Å². The van der Waals surface area contributed by atoms with Gasteiger partial charge in [-0.3, -0.25) is 10.1 Å². The summed E-state index contributed by atoms with van der Waals surface area (Å²) in [6.07, 6.45) is -3.30. The molecule has 0 unspecified atom stereocenters. The van der Waals surface area contributed by atoms with Crippen LogP contribution in [-0.2, 0) is 12.7 Å². The molecule has 5 rings (SSSR count). The summed E-state index contributed by atoms with van der Waals surface area (Å²) < 4.78 is 43.1. The number of halogens is 4. The van der Waals surface area contributed by atoms with Gasteiger partial charge in [-0.1, -0.05) is 35.9 Å². The number of hydrogen-bond acceptors (Lipinski definition) is 6. The molecule has 0 aliphatic carbocycles. The van der Waals surface area contributed by atoms with E-state index in [0.717, 1.165) is 11.6 Å². The van der Waals surface area contributed by atoms with E-state index < -0.39 is 17.8 Å².